The molecule has 1 aromatic rings. The van der Waals surface area contributed by atoms with Crippen LogP contribution in [0.2, 0.25) is 0 Å². The van der Waals surface area contributed by atoms with Crippen LogP contribution in [-0.2, 0) is 14.8 Å². The molecule has 1 aromatic carbocycles. The molecule has 6 heteroatoms. The van der Waals surface area contributed by atoms with E-state index in [1.54, 1.807) is 32.2 Å². The van der Waals surface area contributed by atoms with Gasteiger partial charge in [0, 0.05) is 20.2 Å². The van der Waals surface area contributed by atoms with Crippen LogP contribution in [0.15, 0.2) is 23.1 Å². The van der Waals surface area contributed by atoms with Gasteiger partial charge in [0.1, 0.15) is 4.90 Å². The van der Waals surface area contributed by atoms with E-state index in [4.69, 9.17) is 10.5 Å². The van der Waals surface area contributed by atoms with E-state index in [1.165, 1.54) is 4.31 Å². The molecule has 18 heavy (non-hydrogen) atoms. The second-order valence-electron chi connectivity index (χ2n) is 4.03. The Hall–Kier alpha value is -1.11. The number of anilines is 1. The minimum absolute atomic E-state index is 0.158. The van der Waals surface area contributed by atoms with Crippen molar-refractivity contribution in [1.29, 1.82) is 0 Å². The first kappa shape index (κ1) is 14.9. The van der Waals surface area contributed by atoms with E-state index in [-0.39, 0.29) is 10.6 Å². The zero-order valence-electron chi connectivity index (χ0n) is 11.0. The number of aryl methyl sites for hydroxylation is 1. The number of sulfonamides is 1. The fourth-order valence-electron chi connectivity index (χ4n) is 1.68. The van der Waals surface area contributed by atoms with Crippen LogP contribution in [0, 0.1) is 6.92 Å². The predicted octanol–water partition coefficient (Wildman–Crippen LogP) is 1.23. The summed E-state index contributed by atoms with van der Waals surface area (Å²) in [4.78, 5) is 0.158. The van der Waals surface area contributed by atoms with E-state index >= 15 is 0 Å². The summed E-state index contributed by atoms with van der Waals surface area (Å²) in [5.74, 6) is 0. The SMILES string of the molecule is CCN(CCOC)S(=O)(=O)c1ccc(C)cc1N. The summed E-state index contributed by atoms with van der Waals surface area (Å²) in [6.45, 7) is 4.73. The highest BCUT2D eigenvalue weighted by atomic mass is 32.2. The number of hydrogen-bond acceptors (Lipinski definition) is 4. The van der Waals surface area contributed by atoms with Crippen LogP contribution in [-0.4, -0.2) is 39.5 Å². The Morgan fingerprint density at radius 3 is 2.56 bits per heavy atom. The molecule has 0 aliphatic rings. The number of hydrogen-bond donors (Lipinski definition) is 1. The van der Waals surface area contributed by atoms with Crippen LogP contribution in [0.4, 0.5) is 5.69 Å². The molecule has 1 rings (SSSR count). The van der Waals surface area contributed by atoms with Crippen molar-refractivity contribution >= 4 is 15.7 Å². The molecule has 0 saturated heterocycles. The van der Waals surface area contributed by atoms with Gasteiger partial charge in [0.25, 0.3) is 0 Å². The van der Waals surface area contributed by atoms with Gasteiger partial charge in [0.15, 0.2) is 0 Å². The van der Waals surface area contributed by atoms with Crippen molar-refractivity contribution in [1.82, 2.24) is 4.31 Å². The van der Waals surface area contributed by atoms with Gasteiger partial charge < -0.3 is 10.5 Å². The van der Waals surface area contributed by atoms with E-state index in [9.17, 15) is 8.42 Å². The van der Waals surface area contributed by atoms with Gasteiger partial charge in [0.2, 0.25) is 10.0 Å². The van der Waals surface area contributed by atoms with E-state index in [1.807, 2.05) is 6.92 Å². The molecular weight excluding hydrogens is 252 g/mol. The molecule has 0 heterocycles. The summed E-state index contributed by atoms with van der Waals surface area (Å²) in [6, 6.07) is 4.96. The molecule has 0 spiro atoms. The average molecular weight is 272 g/mol. The molecule has 0 radical (unpaired) electrons. The molecule has 0 atom stereocenters. The number of likely N-dealkylation sites (N-methyl/N-ethyl adjacent to an activating group) is 1. The van der Waals surface area contributed by atoms with E-state index in [0.717, 1.165) is 5.56 Å². The number of rotatable bonds is 6. The second-order valence-corrected chi connectivity index (χ2v) is 5.94. The fourth-order valence-corrected chi connectivity index (χ4v) is 3.21. The van der Waals surface area contributed by atoms with Gasteiger partial charge in [-0.3, -0.25) is 0 Å². The Kier molecular flexibility index (Phi) is 5.13. The van der Waals surface area contributed by atoms with Crippen LogP contribution in [0.3, 0.4) is 0 Å². The smallest absolute Gasteiger partial charge is 0.245 e. The Morgan fingerprint density at radius 1 is 1.39 bits per heavy atom. The van der Waals surface area contributed by atoms with Crippen molar-refractivity contribution in [3.63, 3.8) is 0 Å². The first-order valence-corrected chi connectivity index (χ1v) is 7.22. The highest BCUT2D eigenvalue weighted by molar-refractivity contribution is 7.89. The molecule has 0 bridgehead atoms. The van der Waals surface area contributed by atoms with E-state index in [2.05, 4.69) is 0 Å². The molecule has 0 unspecified atom stereocenters. The number of methoxy groups -OCH3 is 1. The third-order valence-corrected chi connectivity index (χ3v) is 4.73. The van der Waals surface area contributed by atoms with Crippen molar-refractivity contribution in [2.24, 2.45) is 0 Å². The van der Waals surface area contributed by atoms with Gasteiger partial charge >= 0.3 is 0 Å². The minimum Gasteiger partial charge on any atom is -0.398 e. The Balaban J connectivity index is 3.10. The van der Waals surface area contributed by atoms with Crippen molar-refractivity contribution in [2.75, 3.05) is 32.5 Å². The van der Waals surface area contributed by atoms with Gasteiger partial charge in [-0.25, -0.2) is 8.42 Å². The predicted molar refractivity (Wildman–Crippen MR) is 71.9 cm³/mol. The van der Waals surface area contributed by atoms with E-state index < -0.39 is 10.0 Å². The summed E-state index contributed by atoms with van der Waals surface area (Å²) >= 11 is 0. The van der Waals surface area contributed by atoms with Gasteiger partial charge in [-0.1, -0.05) is 13.0 Å². The second kappa shape index (κ2) is 6.17. The van der Waals surface area contributed by atoms with Gasteiger partial charge in [-0.05, 0) is 24.6 Å². The number of benzene rings is 1. The summed E-state index contributed by atoms with van der Waals surface area (Å²) in [6.07, 6.45) is 0. The lowest BCUT2D eigenvalue weighted by Gasteiger charge is -2.21. The zero-order valence-corrected chi connectivity index (χ0v) is 11.8. The molecule has 2 N–H and O–H groups in total. The monoisotopic (exact) mass is 272 g/mol. The number of nitrogens with two attached hydrogens (primary N) is 1. The maximum Gasteiger partial charge on any atom is 0.245 e. The molecular formula is C12H20N2O3S. The number of nitrogens with zero attached hydrogens (tertiary/aromatic N) is 1. The van der Waals surface area contributed by atoms with Crippen LogP contribution in [0.25, 0.3) is 0 Å². The minimum atomic E-state index is -3.54. The van der Waals surface area contributed by atoms with Crippen LogP contribution in [0.1, 0.15) is 12.5 Å². The summed E-state index contributed by atoms with van der Waals surface area (Å²) < 4.78 is 31.1. The van der Waals surface area contributed by atoms with Crippen molar-refractivity contribution in [3.8, 4) is 0 Å². The summed E-state index contributed by atoms with van der Waals surface area (Å²) in [5.41, 5.74) is 7.01. The molecule has 0 aliphatic carbocycles. The van der Waals surface area contributed by atoms with E-state index in [0.29, 0.717) is 19.7 Å². The molecule has 5 nitrogen and oxygen atoms in total. The molecule has 0 fully saturated rings. The largest absolute Gasteiger partial charge is 0.398 e. The molecule has 0 amide bonds. The third kappa shape index (κ3) is 3.22. The quantitative estimate of drug-likeness (QED) is 0.791. The molecule has 102 valence electrons. The maximum atomic E-state index is 12.4. The van der Waals surface area contributed by atoms with Crippen molar-refractivity contribution in [2.45, 2.75) is 18.7 Å². The van der Waals surface area contributed by atoms with Crippen molar-refractivity contribution < 1.29 is 13.2 Å². The third-order valence-electron chi connectivity index (χ3n) is 2.68. The number of ether oxygens (including phenoxy) is 1. The lowest BCUT2D eigenvalue weighted by molar-refractivity contribution is 0.180. The zero-order chi connectivity index (χ0) is 13.8. The molecule has 0 saturated carbocycles. The number of nitrogen functional groups attached to an aromatic ring is 1. The Bertz CT molecular complexity index is 500. The summed E-state index contributed by atoms with van der Waals surface area (Å²) in [5, 5.41) is 0. The first-order chi connectivity index (χ1) is 8.43. The fraction of sp³-hybridized carbons (Fsp3) is 0.500. The standard InChI is InChI=1S/C12H20N2O3S/c1-4-14(7-8-17-3)18(15,16)12-6-5-10(2)9-11(12)13/h5-6,9H,4,7-8,13H2,1-3H3. The Labute approximate surface area is 109 Å². The highest BCUT2D eigenvalue weighted by Gasteiger charge is 2.24. The first-order valence-electron chi connectivity index (χ1n) is 5.78. The van der Waals surface area contributed by atoms with Crippen molar-refractivity contribution in [3.05, 3.63) is 23.8 Å². The topological polar surface area (TPSA) is 72.6 Å². The van der Waals surface area contributed by atoms with Gasteiger partial charge in [-0.2, -0.15) is 4.31 Å². The normalized spacial score (nSPS) is 12.0. The molecule has 0 aromatic heterocycles. The van der Waals surface area contributed by atoms with Crippen LogP contribution in [0.5, 0.6) is 0 Å². The Morgan fingerprint density at radius 2 is 2.06 bits per heavy atom. The highest BCUT2D eigenvalue weighted by Crippen LogP contribution is 2.23. The van der Waals surface area contributed by atoms with Gasteiger partial charge in [0.05, 0.1) is 12.3 Å². The van der Waals surface area contributed by atoms with Crippen LogP contribution >= 0.6 is 0 Å². The molecule has 0 aliphatic heterocycles. The average Bonchev–Trinajstić information content (AvgIpc) is 2.29. The maximum absolute atomic E-state index is 12.4. The lowest BCUT2D eigenvalue weighted by atomic mass is 10.2. The van der Waals surface area contributed by atoms with Gasteiger partial charge in [-0.15, -0.1) is 0 Å². The van der Waals surface area contributed by atoms with Crippen LogP contribution < -0.4 is 5.73 Å². The summed E-state index contributed by atoms with van der Waals surface area (Å²) in [7, 11) is -2.00. The lowest BCUT2D eigenvalue weighted by Crippen LogP contribution is -2.34.